The first kappa shape index (κ1) is 22.0. The van der Waals surface area contributed by atoms with Crippen molar-refractivity contribution in [3.05, 3.63) is 95.7 Å². The van der Waals surface area contributed by atoms with Crippen LogP contribution in [0.25, 0.3) is 0 Å². The van der Waals surface area contributed by atoms with Gasteiger partial charge < -0.3 is 0 Å². The third-order valence-electron chi connectivity index (χ3n) is 4.87. The van der Waals surface area contributed by atoms with E-state index in [1.807, 2.05) is 6.92 Å². The molecule has 2 unspecified atom stereocenters. The molecule has 0 radical (unpaired) electrons. The van der Waals surface area contributed by atoms with E-state index < -0.39 is 0 Å². The van der Waals surface area contributed by atoms with Gasteiger partial charge in [-0.15, -0.1) is 6.58 Å². The van der Waals surface area contributed by atoms with Crippen LogP contribution in [-0.4, -0.2) is 0 Å². The summed E-state index contributed by atoms with van der Waals surface area (Å²) in [6.07, 6.45) is 18.8. The van der Waals surface area contributed by atoms with Gasteiger partial charge in [-0.3, -0.25) is 0 Å². The normalized spacial score (nSPS) is 23.7. The lowest BCUT2D eigenvalue weighted by Crippen LogP contribution is -1.92. The molecule has 0 aromatic rings. The minimum atomic E-state index is 0.471. The predicted octanol–water partition coefficient (Wildman–Crippen LogP) is 8.06. The highest BCUT2D eigenvalue weighted by molar-refractivity contribution is 5.38. The van der Waals surface area contributed by atoms with Crippen molar-refractivity contribution in [1.82, 2.24) is 0 Å². The average Bonchev–Trinajstić information content (AvgIpc) is 2.94. The summed E-state index contributed by atoms with van der Waals surface area (Å²) < 4.78 is 0. The maximum atomic E-state index is 4.21. The van der Waals surface area contributed by atoms with Gasteiger partial charge in [0.1, 0.15) is 0 Å². The average molecular weight is 349 g/mol. The van der Waals surface area contributed by atoms with E-state index in [0.717, 1.165) is 30.4 Å². The predicted molar refractivity (Wildman–Crippen MR) is 119 cm³/mol. The first-order valence-electron chi connectivity index (χ1n) is 9.68. The summed E-state index contributed by atoms with van der Waals surface area (Å²) in [6, 6.07) is 0. The Balaban J connectivity index is 2.89. The zero-order valence-electron chi connectivity index (χ0n) is 17.4. The molecule has 1 fully saturated rings. The third-order valence-corrected chi connectivity index (χ3v) is 4.87. The maximum absolute atomic E-state index is 4.21. The van der Waals surface area contributed by atoms with Gasteiger partial charge in [-0.05, 0) is 69.9 Å². The van der Waals surface area contributed by atoms with Crippen LogP contribution in [0.5, 0.6) is 0 Å². The SMILES string of the molecule is C=CC1CC(/C=C\C(=C)/C(=C\C)CC)C\C1=C/C(C)=C\C(C)=C\C(=C)C. The van der Waals surface area contributed by atoms with Crippen molar-refractivity contribution in [2.45, 2.75) is 53.9 Å². The van der Waals surface area contributed by atoms with Gasteiger partial charge in [0.2, 0.25) is 0 Å². The Hall–Kier alpha value is -2.08. The number of hydrogen-bond acceptors (Lipinski definition) is 0. The molecule has 0 N–H and O–H groups in total. The highest BCUT2D eigenvalue weighted by atomic mass is 14.3. The molecule has 1 saturated carbocycles. The lowest BCUT2D eigenvalue weighted by Gasteiger charge is -2.06. The van der Waals surface area contributed by atoms with Gasteiger partial charge in [0, 0.05) is 0 Å². The molecule has 0 aromatic carbocycles. The van der Waals surface area contributed by atoms with Crippen LogP contribution < -0.4 is 0 Å². The van der Waals surface area contributed by atoms with Crippen molar-refractivity contribution in [3.8, 4) is 0 Å². The molecule has 2 atom stereocenters. The Morgan fingerprint density at radius 3 is 2.35 bits per heavy atom. The molecule has 0 aliphatic heterocycles. The molecule has 0 aromatic heterocycles. The van der Waals surface area contributed by atoms with E-state index in [4.69, 9.17) is 0 Å². The van der Waals surface area contributed by atoms with Crippen LogP contribution in [-0.2, 0) is 0 Å². The maximum Gasteiger partial charge on any atom is -0.00168 e. The largest absolute Gasteiger partial charge is 0.102 e. The second-order valence-electron chi connectivity index (χ2n) is 7.44. The van der Waals surface area contributed by atoms with Crippen molar-refractivity contribution >= 4 is 0 Å². The van der Waals surface area contributed by atoms with E-state index in [-0.39, 0.29) is 0 Å². The van der Waals surface area contributed by atoms with Crippen LogP contribution in [0.1, 0.15) is 53.9 Å². The quantitative estimate of drug-likeness (QED) is 0.307. The second-order valence-corrected chi connectivity index (χ2v) is 7.44. The second kappa shape index (κ2) is 10.8. The molecule has 0 saturated heterocycles. The Labute approximate surface area is 161 Å². The van der Waals surface area contributed by atoms with Gasteiger partial charge in [-0.2, -0.15) is 0 Å². The molecule has 1 aliphatic carbocycles. The van der Waals surface area contributed by atoms with Crippen LogP contribution in [0.15, 0.2) is 95.7 Å². The Kier molecular flexibility index (Phi) is 9.13. The Morgan fingerprint density at radius 1 is 1.12 bits per heavy atom. The van der Waals surface area contributed by atoms with Gasteiger partial charge in [-0.1, -0.05) is 84.9 Å². The molecule has 0 bridgehead atoms. The van der Waals surface area contributed by atoms with E-state index in [9.17, 15) is 0 Å². The molecule has 0 spiro atoms. The first-order chi connectivity index (χ1) is 12.3. The molecule has 0 heteroatoms. The molecule has 0 heterocycles. The molecule has 26 heavy (non-hydrogen) atoms. The van der Waals surface area contributed by atoms with Crippen LogP contribution in [0.2, 0.25) is 0 Å². The highest BCUT2D eigenvalue weighted by Crippen LogP contribution is 2.38. The fourth-order valence-electron chi connectivity index (χ4n) is 3.67. The number of rotatable bonds is 8. The van der Waals surface area contributed by atoms with Gasteiger partial charge in [-0.25, -0.2) is 0 Å². The zero-order valence-corrected chi connectivity index (χ0v) is 17.4. The molecular formula is C26H36. The minimum absolute atomic E-state index is 0.471. The lowest BCUT2D eigenvalue weighted by molar-refractivity contribution is 0.646. The molecular weight excluding hydrogens is 312 g/mol. The fraction of sp³-hybridized carbons (Fsp3) is 0.385. The van der Waals surface area contributed by atoms with Crippen LogP contribution in [0.3, 0.4) is 0 Å². The summed E-state index contributed by atoms with van der Waals surface area (Å²) in [7, 11) is 0. The van der Waals surface area contributed by atoms with E-state index in [1.54, 1.807) is 0 Å². The van der Waals surface area contributed by atoms with Crippen molar-refractivity contribution in [1.29, 1.82) is 0 Å². The smallest absolute Gasteiger partial charge is 0.00168 e. The van der Waals surface area contributed by atoms with Crippen LogP contribution in [0, 0.1) is 11.8 Å². The summed E-state index contributed by atoms with van der Waals surface area (Å²) in [5.41, 5.74) is 7.57. The molecule has 140 valence electrons. The standard InChI is InChI=1S/C26H36/c1-9-24(10-2)22(8)12-13-23-17-25(11-3)26(18-23)16-21(7)15-20(6)14-19(4)5/h9,11-16,23,25H,3-4,8,10,17-18H2,1-2,5-7H3/b13-12-,20-14+,21-15-,24-9-,26-16+. The van der Waals surface area contributed by atoms with Gasteiger partial charge in [0.05, 0.1) is 0 Å². The molecule has 0 nitrogen and oxygen atoms in total. The Morgan fingerprint density at radius 2 is 1.81 bits per heavy atom. The van der Waals surface area contributed by atoms with Crippen LogP contribution in [0.4, 0.5) is 0 Å². The van der Waals surface area contributed by atoms with Crippen LogP contribution >= 0.6 is 0 Å². The summed E-state index contributed by atoms with van der Waals surface area (Å²) in [4.78, 5) is 0. The first-order valence-corrected chi connectivity index (χ1v) is 9.68. The minimum Gasteiger partial charge on any atom is -0.102 e. The van der Waals surface area contributed by atoms with E-state index in [0.29, 0.717) is 11.8 Å². The number of hydrogen-bond donors (Lipinski definition) is 0. The van der Waals surface area contributed by atoms with Crippen molar-refractivity contribution in [2.75, 3.05) is 0 Å². The van der Waals surface area contributed by atoms with E-state index in [2.05, 4.69) is 90.0 Å². The highest BCUT2D eigenvalue weighted by Gasteiger charge is 2.25. The monoisotopic (exact) mass is 348 g/mol. The van der Waals surface area contributed by atoms with Gasteiger partial charge in [0.15, 0.2) is 0 Å². The third kappa shape index (κ3) is 7.04. The lowest BCUT2D eigenvalue weighted by atomic mass is 10.00. The summed E-state index contributed by atoms with van der Waals surface area (Å²) in [5.74, 6) is 1.04. The van der Waals surface area contributed by atoms with Gasteiger partial charge >= 0.3 is 0 Å². The fourth-order valence-corrected chi connectivity index (χ4v) is 3.67. The number of allylic oxidation sites excluding steroid dienone is 13. The molecule has 1 rings (SSSR count). The van der Waals surface area contributed by atoms with E-state index >= 15 is 0 Å². The topological polar surface area (TPSA) is 0 Å². The molecule has 1 aliphatic rings. The molecule has 0 amide bonds. The van der Waals surface area contributed by atoms with E-state index in [1.165, 1.54) is 22.3 Å². The Bertz CT molecular complexity index is 686. The van der Waals surface area contributed by atoms with Crippen molar-refractivity contribution in [3.63, 3.8) is 0 Å². The van der Waals surface area contributed by atoms with Crippen molar-refractivity contribution < 1.29 is 0 Å². The summed E-state index contributed by atoms with van der Waals surface area (Å²) >= 11 is 0. The van der Waals surface area contributed by atoms with Gasteiger partial charge in [0.25, 0.3) is 0 Å². The van der Waals surface area contributed by atoms with Crippen molar-refractivity contribution in [2.24, 2.45) is 11.8 Å². The summed E-state index contributed by atoms with van der Waals surface area (Å²) in [5, 5.41) is 0. The summed E-state index contributed by atoms with van der Waals surface area (Å²) in [6.45, 7) is 22.8. The zero-order chi connectivity index (χ0) is 19.7.